The number of aliphatic imine (C=N–C) groups is 1. The quantitative estimate of drug-likeness (QED) is 0.621. The second kappa shape index (κ2) is 3.39. The summed E-state index contributed by atoms with van der Waals surface area (Å²) in [6.07, 6.45) is 7.94. The summed E-state index contributed by atoms with van der Waals surface area (Å²) in [5.74, 6) is 0.915. The van der Waals surface area contributed by atoms with E-state index in [0.29, 0.717) is 0 Å². The van der Waals surface area contributed by atoms with E-state index in [0.717, 1.165) is 25.1 Å². The second-order valence-electron chi connectivity index (χ2n) is 2.87. The second-order valence-corrected chi connectivity index (χ2v) is 2.87. The lowest BCUT2D eigenvalue weighted by molar-refractivity contribution is 0.556. The van der Waals surface area contributed by atoms with Gasteiger partial charge in [-0.3, -0.25) is 4.99 Å². The fourth-order valence-electron chi connectivity index (χ4n) is 1.29. The molecule has 0 bridgehead atoms. The van der Waals surface area contributed by atoms with Gasteiger partial charge in [0.25, 0.3) is 0 Å². The molecule has 0 N–H and O–H groups in total. The van der Waals surface area contributed by atoms with Crippen LogP contribution in [0.15, 0.2) is 33.4 Å². The minimum absolute atomic E-state index is 0.915. The zero-order valence-electron chi connectivity index (χ0n) is 6.86. The van der Waals surface area contributed by atoms with E-state index < -0.39 is 0 Å². The van der Waals surface area contributed by atoms with Crippen LogP contribution in [0.4, 0.5) is 0 Å². The van der Waals surface area contributed by atoms with Crippen LogP contribution in [-0.2, 0) is 0 Å². The van der Waals surface area contributed by atoms with Crippen LogP contribution in [-0.4, -0.2) is 12.8 Å². The fourth-order valence-corrected chi connectivity index (χ4v) is 1.29. The first-order valence-corrected chi connectivity index (χ1v) is 4.19. The number of allylic oxidation sites excluding steroid dienone is 1. The van der Waals surface area contributed by atoms with Crippen LogP contribution in [0.25, 0.3) is 6.08 Å². The van der Waals surface area contributed by atoms with Crippen molar-refractivity contribution in [1.29, 1.82) is 0 Å². The molecule has 0 radical (unpaired) electrons. The molecule has 0 aromatic carbocycles. The summed E-state index contributed by atoms with van der Waals surface area (Å²) in [5, 5.41) is 0. The largest absolute Gasteiger partial charge is 0.465 e. The average molecular weight is 161 g/mol. The third kappa shape index (κ3) is 1.64. The summed E-state index contributed by atoms with van der Waals surface area (Å²) in [6.45, 7) is 0.968. The predicted octanol–water partition coefficient (Wildman–Crippen LogP) is 2.53. The van der Waals surface area contributed by atoms with E-state index in [1.807, 2.05) is 24.4 Å². The van der Waals surface area contributed by atoms with E-state index in [-0.39, 0.29) is 0 Å². The van der Waals surface area contributed by atoms with Crippen molar-refractivity contribution in [3.8, 4) is 0 Å². The molecule has 2 heterocycles. The minimum atomic E-state index is 0.915. The molecule has 1 aromatic heterocycles. The Kier molecular flexibility index (Phi) is 2.08. The van der Waals surface area contributed by atoms with Gasteiger partial charge in [0.2, 0.25) is 0 Å². The van der Waals surface area contributed by atoms with Gasteiger partial charge in [0, 0.05) is 12.8 Å². The van der Waals surface area contributed by atoms with Gasteiger partial charge >= 0.3 is 0 Å². The van der Waals surface area contributed by atoms with Gasteiger partial charge in [-0.25, -0.2) is 0 Å². The van der Waals surface area contributed by atoms with Gasteiger partial charge < -0.3 is 4.42 Å². The standard InChI is InChI=1S/C10H11NO/c1-3-9(8-11-5-1)7-10-4-2-6-12-10/h2,4,6-8H,1,3,5H2/b9-7+. The summed E-state index contributed by atoms with van der Waals surface area (Å²) < 4.78 is 5.20. The lowest BCUT2D eigenvalue weighted by atomic mass is 10.1. The average Bonchev–Trinajstić information content (AvgIpc) is 2.59. The molecule has 0 saturated heterocycles. The van der Waals surface area contributed by atoms with Gasteiger partial charge in [-0.2, -0.15) is 0 Å². The molecular formula is C10H11NO. The van der Waals surface area contributed by atoms with E-state index in [4.69, 9.17) is 4.42 Å². The Balaban J connectivity index is 2.17. The maximum Gasteiger partial charge on any atom is 0.126 e. The molecule has 62 valence electrons. The van der Waals surface area contributed by atoms with Crippen molar-refractivity contribution in [2.24, 2.45) is 4.99 Å². The molecule has 2 rings (SSSR count). The summed E-state index contributed by atoms with van der Waals surface area (Å²) >= 11 is 0. The SMILES string of the molecule is C1=NCCC/C1=C\c1ccco1. The predicted molar refractivity (Wildman–Crippen MR) is 49.3 cm³/mol. The topological polar surface area (TPSA) is 25.5 Å². The molecule has 0 fully saturated rings. The number of hydrogen-bond donors (Lipinski definition) is 0. The first kappa shape index (κ1) is 7.35. The highest BCUT2D eigenvalue weighted by molar-refractivity contribution is 5.85. The van der Waals surface area contributed by atoms with Crippen LogP contribution >= 0.6 is 0 Å². The Morgan fingerprint density at radius 2 is 2.50 bits per heavy atom. The van der Waals surface area contributed by atoms with Crippen molar-refractivity contribution in [3.05, 3.63) is 29.7 Å². The van der Waals surface area contributed by atoms with E-state index in [1.54, 1.807) is 6.26 Å². The molecule has 0 amide bonds. The maximum absolute atomic E-state index is 5.20. The highest BCUT2D eigenvalue weighted by Crippen LogP contribution is 2.13. The Bertz CT molecular complexity index is 296. The molecule has 0 saturated carbocycles. The van der Waals surface area contributed by atoms with Crippen LogP contribution in [0.2, 0.25) is 0 Å². The molecule has 1 aliphatic heterocycles. The van der Waals surface area contributed by atoms with Crippen LogP contribution in [0.1, 0.15) is 18.6 Å². The Morgan fingerprint density at radius 3 is 3.17 bits per heavy atom. The first-order chi connectivity index (χ1) is 5.95. The lowest BCUT2D eigenvalue weighted by Gasteiger charge is -2.04. The van der Waals surface area contributed by atoms with E-state index in [2.05, 4.69) is 4.99 Å². The van der Waals surface area contributed by atoms with Gasteiger partial charge in [0.15, 0.2) is 0 Å². The molecule has 0 atom stereocenters. The summed E-state index contributed by atoms with van der Waals surface area (Å²) in [7, 11) is 0. The smallest absolute Gasteiger partial charge is 0.126 e. The van der Waals surface area contributed by atoms with Gasteiger partial charge in [0.05, 0.1) is 6.26 Å². The van der Waals surface area contributed by atoms with Crippen molar-refractivity contribution in [2.45, 2.75) is 12.8 Å². The van der Waals surface area contributed by atoms with Gasteiger partial charge in [-0.15, -0.1) is 0 Å². The van der Waals surface area contributed by atoms with Gasteiger partial charge in [-0.05, 0) is 36.6 Å². The Hall–Kier alpha value is -1.31. The van der Waals surface area contributed by atoms with Crippen molar-refractivity contribution in [1.82, 2.24) is 0 Å². The lowest BCUT2D eigenvalue weighted by Crippen LogP contribution is -1.95. The van der Waals surface area contributed by atoms with Crippen molar-refractivity contribution in [2.75, 3.05) is 6.54 Å². The molecule has 0 aliphatic carbocycles. The number of nitrogens with zero attached hydrogens (tertiary/aromatic N) is 1. The molecule has 2 heteroatoms. The molecule has 1 aliphatic rings. The highest BCUT2D eigenvalue weighted by Gasteiger charge is 2.00. The van der Waals surface area contributed by atoms with Gasteiger partial charge in [0.1, 0.15) is 5.76 Å². The van der Waals surface area contributed by atoms with Crippen LogP contribution in [0.3, 0.4) is 0 Å². The van der Waals surface area contributed by atoms with E-state index in [1.165, 1.54) is 5.57 Å². The normalized spacial score (nSPS) is 20.2. The van der Waals surface area contributed by atoms with Crippen molar-refractivity contribution in [3.63, 3.8) is 0 Å². The molecular weight excluding hydrogens is 150 g/mol. The van der Waals surface area contributed by atoms with E-state index in [9.17, 15) is 0 Å². The van der Waals surface area contributed by atoms with Crippen LogP contribution in [0, 0.1) is 0 Å². The zero-order valence-corrected chi connectivity index (χ0v) is 6.86. The maximum atomic E-state index is 5.20. The number of rotatable bonds is 1. The Morgan fingerprint density at radius 1 is 1.50 bits per heavy atom. The molecule has 12 heavy (non-hydrogen) atoms. The number of hydrogen-bond acceptors (Lipinski definition) is 2. The monoisotopic (exact) mass is 161 g/mol. The van der Waals surface area contributed by atoms with Crippen LogP contribution < -0.4 is 0 Å². The number of furan rings is 1. The first-order valence-electron chi connectivity index (χ1n) is 4.19. The molecule has 1 aromatic rings. The molecule has 0 unspecified atom stereocenters. The summed E-state index contributed by atoms with van der Waals surface area (Å²) in [5.41, 5.74) is 1.26. The Labute approximate surface area is 71.6 Å². The molecule has 0 spiro atoms. The van der Waals surface area contributed by atoms with E-state index >= 15 is 0 Å². The van der Waals surface area contributed by atoms with Crippen molar-refractivity contribution < 1.29 is 4.42 Å². The summed E-state index contributed by atoms with van der Waals surface area (Å²) in [6, 6.07) is 3.85. The van der Waals surface area contributed by atoms with Crippen LogP contribution in [0.5, 0.6) is 0 Å². The minimum Gasteiger partial charge on any atom is -0.465 e. The third-order valence-corrected chi connectivity index (χ3v) is 1.88. The summed E-state index contributed by atoms with van der Waals surface area (Å²) in [4.78, 5) is 4.20. The van der Waals surface area contributed by atoms with Gasteiger partial charge in [-0.1, -0.05) is 0 Å². The van der Waals surface area contributed by atoms with Crippen molar-refractivity contribution >= 4 is 12.3 Å². The highest BCUT2D eigenvalue weighted by atomic mass is 16.3. The third-order valence-electron chi connectivity index (χ3n) is 1.88. The molecule has 2 nitrogen and oxygen atoms in total. The fraction of sp³-hybridized carbons (Fsp3) is 0.300. The zero-order chi connectivity index (χ0) is 8.23.